The summed E-state index contributed by atoms with van der Waals surface area (Å²) in [4.78, 5) is 4.39. The lowest BCUT2D eigenvalue weighted by Crippen LogP contribution is -2.02. The van der Waals surface area contributed by atoms with Gasteiger partial charge in [0, 0.05) is 5.56 Å². The van der Waals surface area contributed by atoms with Crippen LogP contribution >= 0.6 is 0 Å². The Morgan fingerprint density at radius 2 is 1.89 bits per heavy atom. The monoisotopic (exact) mass is 237 g/mol. The third-order valence-corrected chi connectivity index (χ3v) is 2.87. The molecule has 0 aliphatic carbocycles. The van der Waals surface area contributed by atoms with E-state index in [1.54, 1.807) is 0 Å². The van der Waals surface area contributed by atoms with Crippen molar-refractivity contribution in [3.63, 3.8) is 0 Å². The molecule has 0 spiro atoms. The normalized spacial score (nSPS) is 10.3. The van der Waals surface area contributed by atoms with Crippen LogP contribution in [-0.4, -0.2) is 4.98 Å². The number of nitriles is 1. The summed E-state index contributed by atoms with van der Waals surface area (Å²) in [5, 5.41) is 9.02. The van der Waals surface area contributed by atoms with Crippen molar-refractivity contribution in [2.24, 2.45) is 0 Å². The quantitative estimate of drug-likeness (QED) is 0.871. The maximum absolute atomic E-state index is 9.02. The van der Waals surface area contributed by atoms with Crippen molar-refractivity contribution in [3.8, 4) is 17.3 Å². The third-order valence-electron chi connectivity index (χ3n) is 2.87. The lowest BCUT2D eigenvalue weighted by molar-refractivity contribution is 0.861. The number of nitrogens with two attached hydrogens (primary N) is 1. The van der Waals surface area contributed by atoms with Crippen LogP contribution in [0.1, 0.15) is 30.9 Å². The predicted octanol–water partition coefficient (Wildman–Crippen LogP) is 3.33. The molecule has 3 nitrogen and oxygen atoms in total. The summed E-state index contributed by atoms with van der Waals surface area (Å²) in [6.45, 7) is 4.17. The summed E-state index contributed by atoms with van der Waals surface area (Å²) in [6, 6.07) is 13.8. The van der Waals surface area contributed by atoms with Crippen LogP contribution in [0.15, 0.2) is 36.4 Å². The van der Waals surface area contributed by atoms with Crippen LogP contribution in [0.2, 0.25) is 0 Å². The molecule has 1 aromatic heterocycles. The fraction of sp³-hybridized carbons (Fsp3) is 0.200. The van der Waals surface area contributed by atoms with E-state index in [2.05, 4.69) is 24.9 Å². The number of benzene rings is 1. The summed E-state index contributed by atoms with van der Waals surface area (Å²) < 4.78 is 0. The molecule has 0 radical (unpaired) electrons. The minimum absolute atomic E-state index is 0.292. The SMILES string of the molecule is CC(C)c1cc(C#N)c(N)nc1-c1ccccc1. The van der Waals surface area contributed by atoms with Gasteiger partial charge < -0.3 is 5.73 Å². The lowest BCUT2D eigenvalue weighted by Gasteiger charge is -2.13. The minimum Gasteiger partial charge on any atom is -0.383 e. The average Bonchev–Trinajstić information content (AvgIpc) is 2.39. The fourth-order valence-electron chi connectivity index (χ4n) is 1.90. The van der Waals surface area contributed by atoms with Crippen molar-refractivity contribution in [3.05, 3.63) is 47.5 Å². The highest BCUT2D eigenvalue weighted by Gasteiger charge is 2.13. The second-order valence-electron chi connectivity index (χ2n) is 4.49. The first kappa shape index (κ1) is 12.1. The number of hydrogen-bond acceptors (Lipinski definition) is 3. The first-order chi connectivity index (χ1) is 8.63. The van der Waals surface area contributed by atoms with E-state index in [1.165, 1.54) is 0 Å². The second kappa shape index (κ2) is 4.89. The molecule has 1 heterocycles. The molecule has 2 rings (SSSR count). The van der Waals surface area contributed by atoms with Gasteiger partial charge in [0.1, 0.15) is 11.9 Å². The van der Waals surface area contributed by atoms with Gasteiger partial charge in [-0.3, -0.25) is 0 Å². The average molecular weight is 237 g/mol. The van der Waals surface area contributed by atoms with Crippen LogP contribution in [-0.2, 0) is 0 Å². The minimum atomic E-state index is 0.292. The van der Waals surface area contributed by atoms with Crippen LogP contribution in [0.25, 0.3) is 11.3 Å². The first-order valence-corrected chi connectivity index (χ1v) is 5.89. The Hall–Kier alpha value is -2.34. The topological polar surface area (TPSA) is 62.7 Å². The molecule has 18 heavy (non-hydrogen) atoms. The van der Waals surface area contributed by atoms with Gasteiger partial charge >= 0.3 is 0 Å². The van der Waals surface area contributed by atoms with Gasteiger partial charge in [-0.1, -0.05) is 44.2 Å². The molecule has 0 bridgehead atoms. The van der Waals surface area contributed by atoms with Gasteiger partial charge in [-0.25, -0.2) is 4.98 Å². The van der Waals surface area contributed by atoms with Crippen LogP contribution < -0.4 is 5.73 Å². The fourth-order valence-corrected chi connectivity index (χ4v) is 1.90. The zero-order valence-corrected chi connectivity index (χ0v) is 10.5. The molecule has 0 saturated heterocycles. The Labute approximate surface area is 107 Å². The van der Waals surface area contributed by atoms with E-state index in [0.29, 0.717) is 17.3 Å². The zero-order valence-electron chi connectivity index (χ0n) is 10.5. The number of nitrogen functional groups attached to an aromatic ring is 1. The van der Waals surface area contributed by atoms with E-state index < -0.39 is 0 Å². The highest BCUT2D eigenvalue weighted by atomic mass is 14.8. The molecule has 0 atom stereocenters. The number of anilines is 1. The number of aromatic nitrogens is 1. The van der Waals surface area contributed by atoms with E-state index >= 15 is 0 Å². The number of rotatable bonds is 2. The number of pyridine rings is 1. The molecular formula is C15H15N3. The van der Waals surface area contributed by atoms with Gasteiger partial charge in [0.15, 0.2) is 0 Å². The molecule has 0 amide bonds. The van der Waals surface area contributed by atoms with Gasteiger partial charge in [-0.15, -0.1) is 0 Å². The predicted molar refractivity (Wildman–Crippen MR) is 72.9 cm³/mol. The molecule has 0 fully saturated rings. The Kier molecular flexibility index (Phi) is 3.29. The summed E-state index contributed by atoms with van der Waals surface area (Å²) in [7, 11) is 0. The van der Waals surface area contributed by atoms with Gasteiger partial charge in [0.05, 0.1) is 11.3 Å². The summed E-state index contributed by atoms with van der Waals surface area (Å²) in [5.41, 5.74) is 9.18. The first-order valence-electron chi connectivity index (χ1n) is 5.89. The van der Waals surface area contributed by atoms with Gasteiger partial charge in [0.2, 0.25) is 0 Å². The summed E-state index contributed by atoms with van der Waals surface area (Å²) >= 11 is 0. The largest absolute Gasteiger partial charge is 0.383 e. The standard InChI is InChI=1S/C15H15N3/c1-10(2)13-8-12(9-16)15(17)18-14(13)11-6-4-3-5-7-11/h3-8,10H,1-2H3,(H2,17,18). The second-order valence-corrected chi connectivity index (χ2v) is 4.49. The summed E-state index contributed by atoms with van der Waals surface area (Å²) in [5.74, 6) is 0.584. The Morgan fingerprint density at radius 1 is 1.22 bits per heavy atom. The van der Waals surface area contributed by atoms with E-state index in [0.717, 1.165) is 16.8 Å². The molecule has 0 saturated carbocycles. The van der Waals surface area contributed by atoms with E-state index in [9.17, 15) is 0 Å². The highest BCUT2D eigenvalue weighted by molar-refractivity contribution is 5.68. The van der Waals surface area contributed by atoms with E-state index in [-0.39, 0.29) is 0 Å². The van der Waals surface area contributed by atoms with Gasteiger partial charge in [-0.05, 0) is 17.5 Å². The molecule has 90 valence electrons. The maximum Gasteiger partial charge on any atom is 0.142 e. The molecule has 2 aromatic rings. The number of hydrogen-bond donors (Lipinski definition) is 1. The number of nitrogens with zero attached hydrogens (tertiary/aromatic N) is 2. The summed E-state index contributed by atoms with van der Waals surface area (Å²) in [6.07, 6.45) is 0. The van der Waals surface area contributed by atoms with Crippen LogP contribution in [0.4, 0.5) is 5.82 Å². The van der Waals surface area contributed by atoms with Crippen LogP contribution in [0.3, 0.4) is 0 Å². The van der Waals surface area contributed by atoms with Crippen molar-refractivity contribution >= 4 is 5.82 Å². The molecule has 3 heteroatoms. The third kappa shape index (κ3) is 2.18. The zero-order chi connectivity index (χ0) is 13.1. The van der Waals surface area contributed by atoms with Crippen LogP contribution in [0, 0.1) is 11.3 Å². The molecule has 2 N–H and O–H groups in total. The maximum atomic E-state index is 9.02. The Bertz CT molecular complexity index is 595. The lowest BCUT2D eigenvalue weighted by atomic mass is 9.95. The van der Waals surface area contributed by atoms with Crippen molar-refractivity contribution < 1.29 is 0 Å². The molecule has 0 aliphatic heterocycles. The molecule has 1 aromatic carbocycles. The Balaban J connectivity index is 2.67. The van der Waals surface area contributed by atoms with Gasteiger partial charge in [-0.2, -0.15) is 5.26 Å². The highest BCUT2D eigenvalue weighted by Crippen LogP contribution is 2.29. The molecular weight excluding hydrogens is 222 g/mol. The molecule has 0 aliphatic rings. The van der Waals surface area contributed by atoms with Crippen molar-refractivity contribution in [2.75, 3.05) is 5.73 Å². The van der Waals surface area contributed by atoms with Crippen LogP contribution in [0.5, 0.6) is 0 Å². The smallest absolute Gasteiger partial charge is 0.142 e. The Morgan fingerprint density at radius 3 is 2.44 bits per heavy atom. The van der Waals surface area contributed by atoms with Crippen molar-refractivity contribution in [1.29, 1.82) is 5.26 Å². The van der Waals surface area contributed by atoms with Crippen molar-refractivity contribution in [2.45, 2.75) is 19.8 Å². The van der Waals surface area contributed by atoms with Crippen molar-refractivity contribution in [1.82, 2.24) is 4.98 Å². The van der Waals surface area contributed by atoms with E-state index in [4.69, 9.17) is 11.0 Å². The van der Waals surface area contributed by atoms with E-state index in [1.807, 2.05) is 36.4 Å². The van der Waals surface area contributed by atoms with Gasteiger partial charge in [0.25, 0.3) is 0 Å². The molecule has 0 unspecified atom stereocenters.